The van der Waals surface area contributed by atoms with Crippen molar-refractivity contribution < 1.29 is 9.84 Å². The van der Waals surface area contributed by atoms with Crippen LogP contribution < -0.4 is 4.74 Å². The lowest BCUT2D eigenvalue weighted by Crippen LogP contribution is -1.87. The average molecular weight is 359 g/mol. The number of aromatic hydroxyl groups is 1. The van der Waals surface area contributed by atoms with Crippen LogP contribution in [0, 0.1) is 0 Å². The highest BCUT2D eigenvalue weighted by Crippen LogP contribution is 2.24. The number of aromatic nitrogens is 1. The summed E-state index contributed by atoms with van der Waals surface area (Å²) in [6, 6.07) is 29.7. The maximum atomic E-state index is 9.47. The third-order valence-electron chi connectivity index (χ3n) is 3.76. The summed E-state index contributed by atoms with van der Waals surface area (Å²) in [6.45, 7) is 0. The van der Waals surface area contributed by atoms with Crippen LogP contribution in [-0.4, -0.2) is 34.6 Å². The van der Waals surface area contributed by atoms with E-state index in [1.165, 1.54) is 11.1 Å². The Morgan fingerprint density at radius 3 is 1.81 bits per heavy atom. The Balaban J connectivity index is 0.000000180. The Morgan fingerprint density at radius 1 is 0.692 bits per heavy atom. The molecule has 3 aromatic carbocycles. The highest BCUT2D eigenvalue weighted by Gasteiger charge is 2.01. The minimum Gasteiger partial charge on any atom is -0.506 e. The molecular formula is C22H22AlNO2. The van der Waals surface area contributed by atoms with Crippen molar-refractivity contribution in [3.63, 3.8) is 0 Å². The molecule has 4 aromatic rings. The standard InChI is InChI=1S/C12H10.C10H9NO2.Al.3H/c1-3-7-11(8-4-1)12-9-5-2-6-10-12;1-13-9-6-5-7-3-2-4-8(12)10(7)11-9;;;;/h1-10H;2-6,12H,1H3;;;;. The number of phenolic OH excluding ortho intramolecular Hbond substituents is 1. The van der Waals surface area contributed by atoms with Gasteiger partial charge in [-0.25, -0.2) is 4.98 Å². The maximum Gasteiger partial charge on any atom is 0.213 e. The van der Waals surface area contributed by atoms with Gasteiger partial charge in [0.05, 0.1) is 7.11 Å². The van der Waals surface area contributed by atoms with E-state index in [0.29, 0.717) is 11.4 Å². The Morgan fingerprint density at radius 2 is 1.27 bits per heavy atom. The number of pyridine rings is 1. The molecule has 0 amide bonds. The van der Waals surface area contributed by atoms with Crippen LogP contribution in [0.5, 0.6) is 11.6 Å². The van der Waals surface area contributed by atoms with Crippen LogP contribution in [0.3, 0.4) is 0 Å². The van der Waals surface area contributed by atoms with Crippen molar-refractivity contribution in [1.82, 2.24) is 4.98 Å². The first-order chi connectivity index (χ1) is 12.3. The Labute approximate surface area is 164 Å². The molecule has 3 nitrogen and oxygen atoms in total. The first-order valence-electron chi connectivity index (χ1n) is 8.01. The summed E-state index contributed by atoms with van der Waals surface area (Å²) >= 11 is 0. The summed E-state index contributed by atoms with van der Waals surface area (Å²) < 4.78 is 4.96. The summed E-state index contributed by atoms with van der Waals surface area (Å²) in [4.78, 5) is 4.12. The molecule has 0 aliphatic heterocycles. The molecule has 0 saturated heterocycles. The predicted octanol–water partition coefficient (Wildman–Crippen LogP) is 4.12. The minimum atomic E-state index is 0. The Hall–Kier alpha value is -2.80. The minimum absolute atomic E-state index is 0. The van der Waals surface area contributed by atoms with Crippen LogP contribution in [-0.2, 0) is 0 Å². The van der Waals surface area contributed by atoms with Crippen molar-refractivity contribution >= 4 is 28.3 Å². The van der Waals surface area contributed by atoms with E-state index in [1.807, 2.05) is 24.3 Å². The van der Waals surface area contributed by atoms with Gasteiger partial charge in [0.15, 0.2) is 17.4 Å². The lowest BCUT2D eigenvalue weighted by atomic mass is 10.1. The molecule has 1 aromatic heterocycles. The monoisotopic (exact) mass is 359 g/mol. The summed E-state index contributed by atoms with van der Waals surface area (Å²) in [7, 11) is 1.55. The molecule has 1 N–H and O–H groups in total. The van der Waals surface area contributed by atoms with Gasteiger partial charge in [0.2, 0.25) is 5.88 Å². The summed E-state index contributed by atoms with van der Waals surface area (Å²) in [5.74, 6) is 0.686. The zero-order chi connectivity index (χ0) is 17.5. The molecule has 0 fully saturated rings. The van der Waals surface area contributed by atoms with Crippen molar-refractivity contribution in [3.8, 4) is 22.8 Å². The van der Waals surface area contributed by atoms with E-state index in [1.54, 1.807) is 25.3 Å². The second-order valence-electron chi connectivity index (χ2n) is 5.43. The molecule has 4 heteroatoms. The van der Waals surface area contributed by atoms with Crippen molar-refractivity contribution in [2.24, 2.45) is 0 Å². The number of fused-ring (bicyclic) bond motifs is 1. The molecule has 0 atom stereocenters. The van der Waals surface area contributed by atoms with Crippen LogP contribution in [0.2, 0.25) is 0 Å². The lowest BCUT2D eigenvalue weighted by molar-refractivity contribution is 0.398. The molecule has 0 spiro atoms. The third-order valence-corrected chi connectivity index (χ3v) is 3.76. The topological polar surface area (TPSA) is 42.4 Å². The fraction of sp³-hybridized carbons (Fsp3) is 0.0455. The first-order valence-corrected chi connectivity index (χ1v) is 8.01. The maximum absolute atomic E-state index is 9.47. The molecular weight excluding hydrogens is 337 g/mol. The van der Waals surface area contributed by atoms with E-state index in [-0.39, 0.29) is 23.1 Å². The van der Waals surface area contributed by atoms with Crippen LogP contribution in [0.1, 0.15) is 0 Å². The third kappa shape index (κ3) is 4.86. The summed E-state index contributed by atoms with van der Waals surface area (Å²) in [5, 5.41) is 10.4. The van der Waals surface area contributed by atoms with Crippen molar-refractivity contribution in [1.29, 1.82) is 0 Å². The summed E-state index contributed by atoms with van der Waals surface area (Å²) in [5.41, 5.74) is 3.12. The van der Waals surface area contributed by atoms with Crippen molar-refractivity contribution in [2.75, 3.05) is 7.11 Å². The highest BCUT2D eigenvalue weighted by molar-refractivity contribution is 5.84. The van der Waals surface area contributed by atoms with Crippen molar-refractivity contribution in [3.05, 3.63) is 91.0 Å². The number of phenols is 1. The zero-order valence-electron chi connectivity index (χ0n) is 14.0. The smallest absolute Gasteiger partial charge is 0.213 e. The molecule has 0 radical (unpaired) electrons. The number of benzene rings is 3. The fourth-order valence-electron chi connectivity index (χ4n) is 2.49. The number of methoxy groups -OCH3 is 1. The predicted molar refractivity (Wildman–Crippen MR) is 112 cm³/mol. The normalized spacial score (nSPS) is 9.58. The van der Waals surface area contributed by atoms with Crippen LogP contribution in [0.15, 0.2) is 91.0 Å². The van der Waals surface area contributed by atoms with E-state index in [4.69, 9.17) is 4.74 Å². The molecule has 26 heavy (non-hydrogen) atoms. The van der Waals surface area contributed by atoms with E-state index in [2.05, 4.69) is 53.5 Å². The van der Waals surface area contributed by atoms with Gasteiger partial charge in [-0.15, -0.1) is 0 Å². The molecule has 0 unspecified atom stereocenters. The Bertz CT molecular complexity index is 906. The fourth-order valence-corrected chi connectivity index (χ4v) is 2.49. The number of para-hydroxylation sites is 1. The van der Waals surface area contributed by atoms with Gasteiger partial charge in [0.25, 0.3) is 0 Å². The number of ether oxygens (including phenoxy) is 1. The second kappa shape index (κ2) is 9.62. The van der Waals surface area contributed by atoms with Gasteiger partial charge in [-0.2, -0.15) is 0 Å². The number of hydrogen-bond donors (Lipinski definition) is 1. The van der Waals surface area contributed by atoms with Crippen LogP contribution in [0.25, 0.3) is 22.0 Å². The molecule has 0 aliphatic rings. The quantitative estimate of drug-likeness (QED) is 0.548. The van der Waals surface area contributed by atoms with Crippen LogP contribution in [0.4, 0.5) is 0 Å². The molecule has 4 rings (SSSR count). The lowest BCUT2D eigenvalue weighted by Gasteiger charge is -2.02. The van der Waals surface area contributed by atoms with Gasteiger partial charge in [-0.1, -0.05) is 72.8 Å². The van der Waals surface area contributed by atoms with E-state index in [9.17, 15) is 5.11 Å². The number of rotatable bonds is 2. The SMILES string of the molecule is COc1ccc2cccc(O)c2n1.[AlH3].c1ccc(-c2ccccc2)cc1. The number of hydrogen-bond acceptors (Lipinski definition) is 3. The van der Waals surface area contributed by atoms with Gasteiger partial charge in [0.1, 0.15) is 11.3 Å². The van der Waals surface area contributed by atoms with Gasteiger partial charge in [0, 0.05) is 11.5 Å². The molecule has 1 heterocycles. The van der Waals surface area contributed by atoms with Gasteiger partial charge >= 0.3 is 0 Å². The highest BCUT2D eigenvalue weighted by atomic mass is 27.0. The van der Waals surface area contributed by atoms with Crippen LogP contribution >= 0.6 is 0 Å². The average Bonchev–Trinajstić information content (AvgIpc) is 2.70. The largest absolute Gasteiger partial charge is 0.506 e. The summed E-state index contributed by atoms with van der Waals surface area (Å²) in [6.07, 6.45) is 0. The van der Waals surface area contributed by atoms with Crippen molar-refractivity contribution in [2.45, 2.75) is 0 Å². The Kier molecular flexibility index (Phi) is 7.23. The molecule has 0 aliphatic carbocycles. The molecule has 0 bridgehead atoms. The molecule has 0 saturated carbocycles. The number of nitrogens with zero attached hydrogens (tertiary/aromatic N) is 1. The zero-order valence-corrected chi connectivity index (χ0v) is 14.0. The van der Waals surface area contributed by atoms with E-state index >= 15 is 0 Å². The second-order valence-corrected chi connectivity index (χ2v) is 5.43. The van der Waals surface area contributed by atoms with Gasteiger partial charge in [-0.3, -0.25) is 0 Å². The van der Waals surface area contributed by atoms with E-state index < -0.39 is 0 Å². The van der Waals surface area contributed by atoms with Gasteiger partial charge < -0.3 is 9.84 Å². The first kappa shape index (κ1) is 19.5. The molecule has 130 valence electrons. The van der Waals surface area contributed by atoms with Gasteiger partial charge in [-0.05, 0) is 23.3 Å². The van der Waals surface area contributed by atoms with E-state index in [0.717, 1.165) is 5.39 Å².